The van der Waals surface area contributed by atoms with E-state index in [0.29, 0.717) is 23.3 Å². The molecule has 0 bridgehead atoms. The number of thiophene rings is 1. The molecule has 3 heterocycles. The van der Waals surface area contributed by atoms with E-state index in [9.17, 15) is 9.59 Å². The van der Waals surface area contributed by atoms with Crippen molar-refractivity contribution in [2.75, 3.05) is 0 Å². The third-order valence-electron chi connectivity index (χ3n) is 3.72. The van der Waals surface area contributed by atoms with Gasteiger partial charge in [0.25, 0.3) is 5.56 Å². The summed E-state index contributed by atoms with van der Waals surface area (Å²) in [6, 6.07) is 7.07. The Morgan fingerprint density at radius 1 is 1.29 bits per heavy atom. The van der Waals surface area contributed by atoms with Crippen molar-refractivity contribution in [1.82, 2.24) is 9.38 Å². The van der Waals surface area contributed by atoms with Crippen molar-refractivity contribution in [3.05, 3.63) is 67.4 Å². The maximum Gasteiger partial charge on any atom is 0.337 e. The minimum Gasteiger partial charge on any atom is -0.478 e. The molecule has 24 heavy (non-hydrogen) atoms. The number of nitrogens with zero attached hydrogens (tertiary/aromatic N) is 2. The molecule has 0 aliphatic rings. The molecule has 1 N–H and O–H groups in total. The minimum absolute atomic E-state index is 0.0609. The van der Waals surface area contributed by atoms with Crippen molar-refractivity contribution in [2.24, 2.45) is 0 Å². The van der Waals surface area contributed by atoms with Gasteiger partial charge in [0.05, 0.1) is 11.3 Å². The second kappa shape index (κ2) is 6.41. The van der Waals surface area contributed by atoms with Gasteiger partial charge in [-0.15, -0.1) is 11.3 Å². The highest BCUT2D eigenvalue weighted by atomic mass is 32.1. The van der Waals surface area contributed by atoms with E-state index in [2.05, 4.69) is 4.98 Å². The van der Waals surface area contributed by atoms with Gasteiger partial charge in [-0.05, 0) is 49.8 Å². The van der Waals surface area contributed by atoms with E-state index in [4.69, 9.17) is 5.11 Å². The zero-order valence-corrected chi connectivity index (χ0v) is 14.1. The molecule has 0 atom stereocenters. The van der Waals surface area contributed by atoms with Gasteiger partial charge in [0, 0.05) is 21.5 Å². The smallest absolute Gasteiger partial charge is 0.337 e. The fraction of sp³-hybridized carbons (Fsp3) is 0.167. The van der Waals surface area contributed by atoms with Gasteiger partial charge in [-0.3, -0.25) is 9.20 Å². The highest BCUT2D eigenvalue weighted by molar-refractivity contribution is 7.12. The Morgan fingerprint density at radius 3 is 2.71 bits per heavy atom. The number of hydrogen-bond acceptors (Lipinski definition) is 4. The maximum atomic E-state index is 12.7. The van der Waals surface area contributed by atoms with Crippen LogP contribution < -0.4 is 5.56 Å². The average molecular weight is 340 g/mol. The zero-order valence-electron chi connectivity index (χ0n) is 13.3. The van der Waals surface area contributed by atoms with E-state index in [1.54, 1.807) is 17.4 Å². The first-order valence-electron chi connectivity index (χ1n) is 7.52. The molecule has 0 aliphatic carbocycles. The third kappa shape index (κ3) is 3.00. The number of carbonyl (C=O) groups is 1. The Bertz CT molecular complexity index is 1010. The monoisotopic (exact) mass is 340 g/mol. The summed E-state index contributed by atoms with van der Waals surface area (Å²) in [5.41, 5.74) is 1.46. The summed E-state index contributed by atoms with van der Waals surface area (Å²) in [6.07, 6.45) is 5.63. The first kappa shape index (κ1) is 16.1. The number of hydrogen-bond donors (Lipinski definition) is 1. The SMILES string of the molecule is CCc1c(C=Cc2ccc(C)s2)nc2ccc(C(=O)O)cn2c1=O. The van der Waals surface area contributed by atoms with Gasteiger partial charge in [-0.1, -0.05) is 6.92 Å². The van der Waals surface area contributed by atoms with Crippen LogP contribution in [0, 0.1) is 6.92 Å². The Balaban J connectivity index is 2.14. The second-order valence-corrected chi connectivity index (χ2v) is 6.69. The molecule has 6 heteroatoms. The van der Waals surface area contributed by atoms with Crippen LogP contribution >= 0.6 is 11.3 Å². The number of carboxylic acids is 1. The summed E-state index contributed by atoms with van der Waals surface area (Å²) in [7, 11) is 0. The highest BCUT2D eigenvalue weighted by Gasteiger charge is 2.11. The lowest BCUT2D eigenvalue weighted by Gasteiger charge is -2.07. The predicted molar refractivity (Wildman–Crippen MR) is 95.8 cm³/mol. The van der Waals surface area contributed by atoms with Crippen LogP contribution in [0.4, 0.5) is 0 Å². The van der Waals surface area contributed by atoms with Crippen LogP contribution in [-0.4, -0.2) is 20.5 Å². The van der Waals surface area contributed by atoms with Gasteiger partial charge in [-0.2, -0.15) is 0 Å². The Hall–Kier alpha value is -2.73. The Labute approximate surface area is 142 Å². The van der Waals surface area contributed by atoms with Crippen molar-refractivity contribution >= 4 is 35.1 Å². The van der Waals surface area contributed by atoms with Gasteiger partial charge in [0.1, 0.15) is 5.65 Å². The maximum absolute atomic E-state index is 12.7. The molecule has 0 saturated heterocycles. The lowest BCUT2D eigenvalue weighted by atomic mass is 10.1. The van der Waals surface area contributed by atoms with Crippen LogP contribution in [0.2, 0.25) is 0 Å². The molecule has 0 amide bonds. The number of fused-ring (bicyclic) bond motifs is 1. The highest BCUT2D eigenvalue weighted by Crippen LogP contribution is 2.18. The summed E-state index contributed by atoms with van der Waals surface area (Å²) in [6.45, 7) is 3.93. The summed E-state index contributed by atoms with van der Waals surface area (Å²) in [5.74, 6) is -1.07. The topological polar surface area (TPSA) is 71.7 Å². The summed E-state index contributed by atoms with van der Waals surface area (Å²) >= 11 is 1.67. The van der Waals surface area contributed by atoms with Crippen molar-refractivity contribution in [1.29, 1.82) is 0 Å². The quantitative estimate of drug-likeness (QED) is 0.789. The number of aromatic nitrogens is 2. The first-order valence-corrected chi connectivity index (χ1v) is 8.34. The lowest BCUT2D eigenvalue weighted by molar-refractivity contribution is 0.0696. The first-order chi connectivity index (χ1) is 11.5. The summed E-state index contributed by atoms with van der Waals surface area (Å²) in [5, 5.41) is 9.08. The molecule has 0 spiro atoms. The average Bonchev–Trinajstić information content (AvgIpc) is 2.98. The number of aryl methyl sites for hydroxylation is 1. The Kier molecular flexibility index (Phi) is 4.31. The predicted octanol–water partition coefficient (Wildman–Crippen LogP) is 3.50. The molecule has 0 radical (unpaired) electrons. The van der Waals surface area contributed by atoms with Crippen molar-refractivity contribution in [3.63, 3.8) is 0 Å². The summed E-state index contributed by atoms with van der Waals surface area (Å²) < 4.78 is 1.30. The van der Waals surface area contributed by atoms with Crippen LogP contribution in [-0.2, 0) is 6.42 Å². The number of rotatable bonds is 4. The molecular formula is C18H16N2O3S. The number of carboxylic acid groups (broad SMARTS) is 1. The van der Waals surface area contributed by atoms with Gasteiger partial charge in [0.15, 0.2) is 0 Å². The fourth-order valence-electron chi connectivity index (χ4n) is 2.49. The third-order valence-corrected chi connectivity index (χ3v) is 4.68. The standard InChI is InChI=1S/C18H16N2O3S/c1-3-14-15(8-7-13-6-4-11(2)24-13)19-16-9-5-12(18(22)23)10-20(16)17(14)21/h4-10H,3H2,1-2H3,(H,22,23). The second-order valence-electron chi connectivity index (χ2n) is 5.37. The van der Waals surface area contributed by atoms with E-state index < -0.39 is 5.97 Å². The fourth-order valence-corrected chi connectivity index (χ4v) is 3.27. The van der Waals surface area contributed by atoms with Crippen molar-refractivity contribution < 1.29 is 9.90 Å². The molecule has 3 rings (SSSR count). The van der Waals surface area contributed by atoms with Crippen molar-refractivity contribution in [2.45, 2.75) is 20.3 Å². The lowest BCUT2D eigenvalue weighted by Crippen LogP contribution is -2.21. The van der Waals surface area contributed by atoms with Gasteiger partial charge >= 0.3 is 5.97 Å². The van der Waals surface area contributed by atoms with Crippen LogP contribution in [0.15, 0.2) is 35.3 Å². The molecule has 0 unspecified atom stereocenters. The summed E-state index contributed by atoms with van der Waals surface area (Å²) in [4.78, 5) is 30.6. The minimum atomic E-state index is -1.07. The molecule has 0 aromatic carbocycles. The van der Waals surface area contributed by atoms with Crippen LogP contribution in [0.3, 0.4) is 0 Å². The molecular weight excluding hydrogens is 324 g/mol. The van der Waals surface area contributed by atoms with E-state index in [0.717, 1.165) is 4.88 Å². The van der Waals surface area contributed by atoms with Gasteiger partial charge in [0.2, 0.25) is 0 Å². The van der Waals surface area contributed by atoms with Crippen LogP contribution in [0.25, 0.3) is 17.8 Å². The molecule has 0 fully saturated rings. The van der Waals surface area contributed by atoms with Gasteiger partial charge < -0.3 is 5.11 Å². The molecule has 0 aliphatic heterocycles. The van der Waals surface area contributed by atoms with Crippen LogP contribution in [0.1, 0.15) is 38.3 Å². The molecule has 3 aromatic rings. The van der Waals surface area contributed by atoms with E-state index in [-0.39, 0.29) is 11.1 Å². The number of pyridine rings is 1. The molecule has 0 saturated carbocycles. The normalized spacial score (nSPS) is 11.4. The largest absolute Gasteiger partial charge is 0.478 e. The Morgan fingerprint density at radius 2 is 2.08 bits per heavy atom. The van der Waals surface area contributed by atoms with Crippen LogP contribution in [0.5, 0.6) is 0 Å². The zero-order chi connectivity index (χ0) is 17.3. The molecule has 3 aromatic heterocycles. The van der Waals surface area contributed by atoms with Crippen molar-refractivity contribution in [3.8, 4) is 0 Å². The number of aromatic carboxylic acids is 1. The van der Waals surface area contributed by atoms with E-state index >= 15 is 0 Å². The van der Waals surface area contributed by atoms with Gasteiger partial charge in [-0.25, -0.2) is 9.78 Å². The molecule has 5 nitrogen and oxygen atoms in total. The van der Waals surface area contributed by atoms with E-state index in [1.165, 1.54) is 21.5 Å². The molecule has 122 valence electrons. The van der Waals surface area contributed by atoms with E-state index in [1.807, 2.05) is 38.1 Å².